The molecule has 8 heteroatoms. The van der Waals surface area contributed by atoms with Gasteiger partial charge in [0.25, 0.3) is 5.91 Å². The first-order chi connectivity index (χ1) is 9.72. The van der Waals surface area contributed by atoms with E-state index in [1.807, 2.05) is 0 Å². The van der Waals surface area contributed by atoms with Crippen LogP contribution in [-0.4, -0.2) is 39.6 Å². The van der Waals surface area contributed by atoms with Crippen molar-refractivity contribution in [3.8, 4) is 11.5 Å². The minimum atomic E-state index is -0.210. The third-order valence-corrected chi connectivity index (χ3v) is 2.57. The van der Waals surface area contributed by atoms with E-state index in [2.05, 4.69) is 15.5 Å². The van der Waals surface area contributed by atoms with Gasteiger partial charge in [0.1, 0.15) is 0 Å². The van der Waals surface area contributed by atoms with Crippen LogP contribution in [-0.2, 0) is 16.8 Å². The topological polar surface area (TPSA) is 123 Å². The molecular formula is C14H15CoN3O4+2. The Kier molecular flexibility index (Phi) is 8.45. The molecule has 1 radical (unpaired) electrons. The largest absolute Gasteiger partial charge is 2.00 e. The summed E-state index contributed by atoms with van der Waals surface area (Å²) in [5.74, 6) is 0.465. The van der Waals surface area contributed by atoms with Gasteiger partial charge in [-0.1, -0.05) is 6.07 Å². The Morgan fingerprint density at radius 3 is 2.64 bits per heavy atom. The average molecular weight is 348 g/mol. The Balaban J connectivity index is 0.00000220. The fraction of sp³-hybridized carbons (Fsp3) is 0.0714. The molecule has 4 N–H and O–H groups in total. The molecule has 2 rings (SSSR count). The maximum atomic E-state index is 9.71. The molecule has 22 heavy (non-hydrogen) atoms. The number of nitrogens with zero attached hydrogens (tertiary/aromatic N) is 3. The second-order valence-electron chi connectivity index (χ2n) is 3.83. The molecule has 0 unspecified atom stereocenters. The van der Waals surface area contributed by atoms with Crippen LogP contribution < -0.4 is 4.74 Å². The molecule has 0 aliphatic heterocycles. The van der Waals surface area contributed by atoms with Crippen molar-refractivity contribution in [3.05, 3.63) is 59.3 Å². The minimum Gasteiger partial charge on any atom is -0.870 e. The van der Waals surface area contributed by atoms with Crippen molar-refractivity contribution in [2.75, 3.05) is 7.11 Å². The second-order valence-corrected chi connectivity index (χ2v) is 3.83. The van der Waals surface area contributed by atoms with Gasteiger partial charge in [0, 0.05) is 18.6 Å². The standard InChI is InChI=1S/C14H13N3O3.Co.H2O/c1-20-12-4-2-3-11(13(12)18)9-16-17-14(19)10-5-7-15-8-6-10;;/h2-9H,1H3,(H2,15,16,17,18,19);;1H2/q;+2;. The normalized spacial score (nSPS) is 9.50. The van der Waals surface area contributed by atoms with Crippen molar-refractivity contribution < 1.29 is 36.9 Å². The van der Waals surface area contributed by atoms with Gasteiger partial charge in [-0.2, -0.15) is 0 Å². The number of methoxy groups -OCH3 is 1. The van der Waals surface area contributed by atoms with Gasteiger partial charge in [-0.05, 0) is 24.3 Å². The molecule has 7 nitrogen and oxygen atoms in total. The van der Waals surface area contributed by atoms with E-state index in [1.54, 1.807) is 42.7 Å². The third-order valence-electron chi connectivity index (χ3n) is 2.57. The summed E-state index contributed by atoms with van der Waals surface area (Å²) in [5, 5.41) is 11.6. The van der Waals surface area contributed by atoms with E-state index < -0.39 is 0 Å². The molecule has 0 bridgehead atoms. The Labute approximate surface area is 137 Å². The van der Waals surface area contributed by atoms with Crippen LogP contribution in [0.2, 0.25) is 0 Å². The Morgan fingerprint density at radius 1 is 1.32 bits per heavy atom. The van der Waals surface area contributed by atoms with Crippen molar-refractivity contribution in [1.82, 2.24) is 4.98 Å². The van der Waals surface area contributed by atoms with Crippen LogP contribution in [0, 0.1) is 0 Å². The average Bonchev–Trinajstić information content (AvgIpc) is 2.49. The number of hydrogen-bond acceptors (Lipinski definition) is 4. The zero-order valence-corrected chi connectivity index (χ0v) is 12.6. The van der Waals surface area contributed by atoms with Crippen LogP contribution in [0.15, 0.2) is 47.8 Å². The summed E-state index contributed by atoms with van der Waals surface area (Å²) in [6.45, 7) is 0. The summed E-state index contributed by atoms with van der Waals surface area (Å²) < 4.78 is 5.04. The monoisotopic (exact) mass is 348 g/mol. The van der Waals surface area contributed by atoms with Crippen molar-refractivity contribution in [2.24, 2.45) is 5.10 Å². The number of carbonyl (C=O) groups excluding carboxylic acids is 1. The van der Waals surface area contributed by atoms with Crippen molar-refractivity contribution >= 4 is 12.1 Å². The molecule has 0 fully saturated rings. The first-order valence-corrected chi connectivity index (χ1v) is 5.81. The molecule has 0 saturated heterocycles. The smallest absolute Gasteiger partial charge is 0.870 e. The van der Waals surface area contributed by atoms with Crippen LogP contribution >= 0.6 is 0 Å². The van der Waals surface area contributed by atoms with Crippen molar-refractivity contribution in [2.45, 2.75) is 0 Å². The van der Waals surface area contributed by atoms with E-state index >= 15 is 0 Å². The van der Waals surface area contributed by atoms with Gasteiger partial charge in [-0.3, -0.25) is 9.78 Å². The quantitative estimate of drug-likeness (QED) is 0.473. The first kappa shape index (κ1) is 19.6. The van der Waals surface area contributed by atoms with Crippen LogP contribution in [0.25, 0.3) is 5.43 Å². The number of pyridine rings is 1. The first-order valence-electron chi connectivity index (χ1n) is 5.81. The number of aromatic nitrogens is 1. The summed E-state index contributed by atoms with van der Waals surface area (Å²) in [6, 6.07) is 8.40. The summed E-state index contributed by atoms with van der Waals surface area (Å²) in [7, 11) is 1.50. The van der Waals surface area contributed by atoms with E-state index in [9.17, 15) is 4.79 Å². The van der Waals surface area contributed by atoms with Gasteiger partial charge in [0.15, 0.2) is 0 Å². The summed E-state index contributed by atoms with van der Waals surface area (Å²) in [5.41, 5.74) is 4.75. The zero-order valence-electron chi connectivity index (χ0n) is 11.6. The van der Waals surface area contributed by atoms with Crippen LogP contribution in [0.1, 0.15) is 11.1 Å². The van der Waals surface area contributed by atoms with E-state index in [4.69, 9.17) is 9.84 Å². The fourth-order valence-corrected chi connectivity index (χ4v) is 1.53. The maximum Gasteiger partial charge on any atom is 2.00 e. The summed E-state index contributed by atoms with van der Waals surface area (Å²) >= 11 is 0. The van der Waals surface area contributed by atoms with Gasteiger partial charge < -0.3 is 25.8 Å². The van der Waals surface area contributed by atoms with Gasteiger partial charge >= 0.3 is 22.5 Å². The van der Waals surface area contributed by atoms with Crippen molar-refractivity contribution in [1.29, 1.82) is 0 Å². The molecule has 1 amide bonds. The zero-order chi connectivity index (χ0) is 14.4. The SMILES string of the molecule is COc1cccc(C=N[N-]C(=[OH+])c2ccncc2)c1[OH2+].[Co+2].[OH-]. The Bertz CT molecular complexity index is 635. The molecule has 2 aromatic rings. The van der Waals surface area contributed by atoms with Crippen LogP contribution in [0.5, 0.6) is 11.5 Å². The predicted molar refractivity (Wildman–Crippen MR) is 79.2 cm³/mol. The minimum absolute atomic E-state index is 0. The number of ether oxygens (including phenoxy) is 1. The molecule has 0 saturated carbocycles. The van der Waals surface area contributed by atoms with E-state index in [0.717, 1.165) is 0 Å². The summed E-state index contributed by atoms with van der Waals surface area (Å²) in [6.07, 6.45) is 4.49. The number of amides is 1. The van der Waals surface area contributed by atoms with E-state index in [1.165, 1.54) is 13.3 Å². The molecular weight excluding hydrogens is 333 g/mol. The number of rotatable bonds is 4. The van der Waals surface area contributed by atoms with Gasteiger partial charge in [-0.15, -0.1) is 0 Å². The van der Waals surface area contributed by atoms with Gasteiger partial charge in [-0.25, -0.2) is 0 Å². The molecule has 0 atom stereocenters. The van der Waals surface area contributed by atoms with Crippen LogP contribution in [0.4, 0.5) is 0 Å². The number of para-hydroxylation sites is 1. The summed E-state index contributed by atoms with van der Waals surface area (Å²) in [4.78, 5) is 13.5. The van der Waals surface area contributed by atoms with Gasteiger partial charge in [0.2, 0.25) is 5.75 Å². The van der Waals surface area contributed by atoms with E-state index in [0.29, 0.717) is 16.9 Å². The molecule has 0 spiro atoms. The number of hydrogen-bond donors (Lipinski definition) is 0. The molecule has 117 valence electrons. The Hall–Kier alpha value is -2.42. The number of benzene rings is 1. The Morgan fingerprint density at radius 2 is 2.00 bits per heavy atom. The molecule has 0 aliphatic rings. The van der Waals surface area contributed by atoms with E-state index in [-0.39, 0.29) is 33.9 Å². The predicted octanol–water partition coefficient (Wildman–Crippen LogP) is 1.61. The molecule has 1 aromatic heterocycles. The molecule has 0 aliphatic carbocycles. The maximum absolute atomic E-state index is 9.71. The molecule has 1 heterocycles. The fourth-order valence-electron chi connectivity index (χ4n) is 1.53. The van der Waals surface area contributed by atoms with Crippen LogP contribution in [0.3, 0.4) is 0 Å². The van der Waals surface area contributed by atoms with Crippen molar-refractivity contribution in [3.63, 3.8) is 0 Å². The van der Waals surface area contributed by atoms with Gasteiger partial charge in [0.05, 0.1) is 18.2 Å². The molecule has 1 aromatic carbocycles. The third kappa shape index (κ3) is 4.84. The second kappa shape index (κ2) is 9.50.